The van der Waals surface area contributed by atoms with E-state index in [0.29, 0.717) is 5.56 Å². The van der Waals surface area contributed by atoms with Crippen molar-refractivity contribution in [2.45, 2.75) is 44.4 Å². The number of aromatic nitrogens is 2. The quantitative estimate of drug-likeness (QED) is 0.709. The molecule has 0 amide bonds. The van der Waals surface area contributed by atoms with E-state index in [4.69, 9.17) is 5.11 Å². The molecule has 0 saturated carbocycles. The van der Waals surface area contributed by atoms with Crippen LogP contribution in [0.5, 0.6) is 0 Å². The lowest BCUT2D eigenvalue weighted by Crippen LogP contribution is -2.15. The van der Waals surface area contributed by atoms with Gasteiger partial charge in [0, 0.05) is 11.8 Å². The standard InChI is InChI=1S/C16H21N3O4S/c1-4-5-10(2)13-9-15(18-17-13)19-24(22,23)14-8-12(16(20)21)7-6-11(14)3/h6-10H,4-5H2,1-3H3,(H,20,21)(H2,17,18,19)/t10-/m0/s1. The van der Waals surface area contributed by atoms with Crippen LogP contribution in [-0.2, 0) is 10.0 Å². The first-order valence-electron chi connectivity index (χ1n) is 7.66. The fraction of sp³-hybridized carbons (Fsp3) is 0.375. The molecule has 1 aromatic carbocycles. The van der Waals surface area contributed by atoms with Crippen LogP contribution in [0, 0.1) is 6.92 Å². The Labute approximate surface area is 141 Å². The van der Waals surface area contributed by atoms with Gasteiger partial charge in [-0.05, 0) is 37.0 Å². The normalized spacial score (nSPS) is 12.8. The molecule has 0 aliphatic rings. The molecule has 1 atom stereocenters. The van der Waals surface area contributed by atoms with Gasteiger partial charge in [0.1, 0.15) is 0 Å². The highest BCUT2D eigenvalue weighted by molar-refractivity contribution is 7.92. The first kappa shape index (κ1) is 18.0. The van der Waals surface area contributed by atoms with Crippen molar-refractivity contribution in [3.63, 3.8) is 0 Å². The lowest BCUT2D eigenvalue weighted by molar-refractivity contribution is 0.0696. The highest BCUT2D eigenvalue weighted by Gasteiger charge is 2.21. The van der Waals surface area contributed by atoms with Crippen LogP contribution in [0.2, 0.25) is 0 Å². The molecule has 0 radical (unpaired) electrons. The zero-order valence-corrected chi connectivity index (χ0v) is 14.6. The number of benzene rings is 1. The number of anilines is 1. The van der Waals surface area contributed by atoms with Gasteiger partial charge in [-0.25, -0.2) is 13.2 Å². The van der Waals surface area contributed by atoms with Crippen LogP contribution in [0.4, 0.5) is 5.82 Å². The summed E-state index contributed by atoms with van der Waals surface area (Å²) in [5.74, 6) is -0.743. The Balaban J connectivity index is 2.29. The zero-order chi connectivity index (χ0) is 17.9. The van der Waals surface area contributed by atoms with Gasteiger partial charge in [-0.2, -0.15) is 5.10 Å². The number of sulfonamides is 1. The van der Waals surface area contributed by atoms with Crippen molar-refractivity contribution in [1.29, 1.82) is 0 Å². The Bertz CT molecular complexity index is 843. The molecule has 0 aliphatic heterocycles. The molecule has 0 unspecified atom stereocenters. The number of rotatable bonds is 7. The lowest BCUT2D eigenvalue weighted by atomic mass is 10.0. The number of carbonyl (C=O) groups is 1. The van der Waals surface area contributed by atoms with Crippen molar-refractivity contribution in [3.8, 4) is 0 Å². The second kappa shape index (κ2) is 7.04. The van der Waals surface area contributed by atoms with E-state index in [9.17, 15) is 13.2 Å². The molecule has 130 valence electrons. The Kier molecular flexibility index (Phi) is 5.28. The summed E-state index contributed by atoms with van der Waals surface area (Å²) in [6, 6.07) is 5.65. The SMILES string of the molecule is CCC[C@H](C)c1cc(NS(=O)(=O)c2cc(C(=O)O)ccc2C)n[nH]1. The maximum atomic E-state index is 12.5. The molecule has 3 N–H and O–H groups in total. The van der Waals surface area contributed by atoms with Gasteiger partial charge < -0.3 is 5.11 Å². The number of hydrogen-bond acceptors (Lipinski definition) is 4. The molecule has 0 spiro atoms. The van der Waals surface area contributed by atoms with Crippen molar-refractivity contribution in [2.24, 2.45) is 0 Å². The molecular weight excluding hydrogens is 330 g/mol. The molecule has 8 heteroatoms. The van der Waals surface area contributed by atoms with Crippen LogP contribution in [0.1, 0.15) is 54.2 Å². The van der Waals surface area contributed by atoms with Crippen molar-refractivity contribution in [2.75, 3.05) is 4.72 Å². The number of hydrogen-bond donors (Lipinski definition) is 3. The van der Waals surface area contributed by atoms with Gasteiger partial charge in [-0.15, -0.1) is 0 Å². The van der Waals surface area contributed by atoms with Crippen LogP contribution in [0.15, 0.2) is 29.2 Å². The summed E-state index contributed by atoms with van der Waals surface area (Å²) in [5, 5.41) is 15.9. The second-order valence-corrected chi connectivity index (χ2v) is 7.44. The van der Waals surface area contributed by atoms with Crippen LogP contribution < -0.4 is 4.72 Å². The summed E-state index contributed by atoms with van der Waals surface area (Å²) in [7, 11) is -3.92. The van der Waals surface area contributed by atoms with E-state index < -0.39 is 16.0 Å². The fourth-order valence-electron chi connectivity index (χ4n) is 2.45. The number of aryl methyl sites for hydroxylation is 1. The second-order valence-electron chi connectivity index (χ2n) is 5.79. The predicted molar refractivity (Wildman–Crippen MR) is 90.9 cm³/mol. The van der Waals surface area contributed by atoms with Gasteiger partial charge in [-0.1, -0.05) is 26.3 Å². The molecule has 7 nitrogen and oxygen atoms in total. The first-order valence-corrected chi connectivity index (χ1v) is 9.15. The largest absolute Gasteiger partial charge is 0.478 e. The van der Waals surface area contributed by atoms with E-state index in [1.165, 1.54) is 12.1 Å². The maximum Gasteiger partial charge on any atom is 0.335 e. The molecule has 0 saturated heterocycles. The maximum absolute atomic E-state index is 12.5. The van der Waals surface area contributed by atoms with E-state index in [1.54, 1.807) is 13.0 Å². The minimum atomic E-state index is -3.92. The number of nitrogens with one attached hydrogen (secondary N) is 2. The summed E-state index contributed by atoms with van der Waals surface area (Å²) in [6.07, 6.45) is 1.98. The molecular formula is C16H21N3O4S. The molecule has 0 bridgehead atoms. The first-order chi connectivity index (χ1) is 11.2. The van der Waals surface area contributed by atoms with Crippen molar-refractivity contribution >= 4 is 21.8 Å². The van der Waals surface area contributed by atoms with E-state index in [-0.39, 0.29) is 22.2 Å². The average Bonchev–Trinajstić information content (AvgIpc) is 2.95. The molecule has 24 heavy (non-hydrogen) atoms. The lowest BCUT2D eigenvalue weighted by Gasteiger charge is -2.09. The molecule has 1 aromatic heterocycles. The number of carboxylic acids is 1. The van der Waals surface area contributed by atoms with Crippen LogP contribution >= 0.6 is 0 Å². The van der Waals surface area contributed by atoms with Gasteiger partial charge in [0.05, 0.1) is 10.5 Å². The average molecular weight is 351 g/mol. The highest BCUT2D eigenvalue weighted by Crippen LogP contribution is 2.23. The third-order valence-corrected chi connectivity index (χ3v) is 5.31. The summed E-state index contributed by atoms with van der Waals surface area (Å²) in [6.45, 7) is 5.73. The number of aromatic carboxylic acids is 1. The van der Waals surface area contributed by atoms with Gasteiger partial charge in [0.25, 0.3) is 10.0 Å². The Morgan fingerprint density at radius 1 is 1.38 bits per heavy atom. The van der Waals surface area contributed by atoms with Crippen LogP contribution in [-0.4, -0.2) is 29.7 Å². The van der Waals surface area contributed by atoms with Gasteiger partial charge in [-0.3, -0.25) is 9.82 Å². The van der Waals surface area contributed by atoms with Crippen LogP contribution in [0.3, 0.4) is 0 Å². The van der Waals surface area contributed by atoms with E-state index >= 15 is 0 Å². The summed E-state index contributed by atoms with van der Waals surface area (Å²) in [4.78, 5) is 11.0. The Morgan fingerprint density at radius 2 is 2.08 bits per heavy atom. The van der Waals surface area contributed by atoms with Crippen molar-refractivity contribution in [3.05, 3.63) is 41.1 Å². The molecule has 2 aromatic rings. The zero-order valence-electron chi connectivity index (χ0n) is 13.8. The number of nitrogens with zero attached hydrogens (tertiary/aromatic N) is 1. The van der Waals surface area contributed by atoms with Crippen molar-refractivity contribution < 1.29 is 18.3 Å². The third-order valence-electron chi connectivity index (χ3n) is 3.81. The summed E-state index contributed by atoms with van der Waals surface area (Å²) < 4.78 is 27.5. The number of carboxylic acid groups (broad SMARTS) is 1. The molecule has 1 heterocycles. The van der Waals surface area contributed by atoms with Gasteiger partial charge in [0.15, 0.2) is 5.82 Å². The molecule has 0 aliphatic carbocycles. The van der Waals surface area contributed by atoms with E-state index in [0.717, 1.165) is 24.6 Å². The third kappa shape index (κ3) is 3.94. The van der Waals surface area contributed by atoms with Crippen molar-refractivity contribution in [1.82, 2.24) is 10.2 Å². The minimum absolute atomic E-state index is 0.0754. The highest BCUT2D eigenvalue weighted by atomic mass is 32.2. The summed E-state index contributed by atoms with van der Waals surface area (Å²) >= 11 is 0. The van der Waals surface area contributed by atoms with E-state index in [1.807, 2.05) is 6.92 Å². The molecule has 0 fully saturated rings. The Morgan fingerprint density at radius 3 is 2.71 bits per heavy atom. The predicted octanol–water partition coefficient (Wildman–Crippen LogP) is 3.12. The molecule has 2 rings (SSSR count). The topological polar surface area (TPSA) is 112 Å². The minimum Gasteiger partial charge on any atom is -0.478 e. The number of H-pyrrole nitrogens is 1. The fourth-order valence-corrected chi connectivity index (χ4v) is 3.71. The smallest absolute Gasteiger partial charge is 0.335 e. The summed E-state index contributed by atoms with van der Waals surface area (Å²) in [5.41, 5.74) is 1.23. The monoisotopic (exact) mass is 351 g/mol. The van der Waals surface area contributed by atoms with Crippen LogP contribution in [0.25, 0.3) is 0 Å². The van der Waals surface area contributed by atoms with Gasteiger partial charge in [0.2, 0.25) is 0 Å². The van der Waals surface area contributed by atoms with Gasteiger partial charge >= 0.3 is 5.97 Å². The number of aromatic amines is 1. The van der Waals surface area contributed by atoms with E-state index in [2.05, 4.69) is 21.8 Å². The Hall–Kier alpha value is -2.35.